The molecule has 5 rings (SSSR count). The molecule has 0 atom stereocenters. The molecule has 1 N–H and O–H groups in total. The summed E-state index contributed by atoms with van der Waals surface area (Å²) in [6.07, 6.45) is 6.15. The first-order chi connectivity index (χ1) is 14.7. The number of hydrogen-bond donors (Lipinski definition) is 1. The molecule has 4 aromatic rings. The maximum absolute atomic E-state index is 12.9. The normalized spacial score (nSPS) is 13.6. The lowest BCUT2D eigenvalue weighted by Crippen LogP contribution is -2.11. The van der Waals surface area contributed by atoms with Crippen LogP contribution in [0, 0.1) is 6.92 Å². The molecule has 152 valence electrons. The van der Waals surface area contributed by atoms with Gasteiger partial charge in [-0.3, -0.25) is 4.79 Å². The highest BCUT2D eigenvalue weighted by Crippen LogP contribution is 2.30. The Morgan fingerprint density at radius 1 is 1.17 bits per heavy atom. The van der Waals surface area contributed by atoms with E-state index >= 15 is 0 Å². The van der Waals surface area contributed by atoms with Crippen molar-refractivity contribution in [3.8, 4) is 21.3 Å². The summed E-state index contributed by atoms with van der Waals surface area (Å²) in [5.41, 5.74) is 2.76. The Kier molecular flexibility index (Phi) is 5.18. The second-order valence-corrected chi connectivity index (χ2v) is 9.37. The molecule has 0 bridgehead atoms. The summed E-state index contributed by atoms with van der Waals surface area (Å²) >= 11 is 3.03. The molecule has 1 amide bonds. The summed E-state index contributed by atoms with van der Waals surface area (Å²) in [5, 5.41) is 14.8. The van der Waals surface area contributed by atoms with Crippen LogP contribution in [0.25, 0.3) is 21.3 Å². The van der Waals surface area contributed by atoms with E-state index in [9.17, 15) is 4.79 Å². The smallest absolute Gasteiger partial charge is 0.267 e. The Balaban J connectivity index is 1.41. The first-order valence-electron chi connectivity index (χ1n) is 10.0. The van der Waals surface area contributed by atoms with Gasteiger partial charge in [-0.2, -0.15) is 0 Å². The van der Waals surface area contributed by atoms with E-state index in [4.69, 9.17) is 0 Å². The molecule has 1 aromatic carbocycles. The quantitative estimate of drug-likeness (QED) is 0.465. The van der Waals surface area contributed by atoms with Crippen LogP contribution in [0.1, 0.15) is 40.3 Å². The number of thiophene rings is 1. The number of amides is 1. The highest BCUT2D eigenvalue weighted by Gasteiger charge is 2.18. The minimum absolute atomic E-state index is 0.143. The predicted molar refractivity (Wildman–Crippen MR) is 121 cm³/mol. The van der Waals surface area contributed by atoms with Crippen molar-refractivity contribution in [3.63, 3.8) is 0 Å². The third kappa shape index (κ3) is 3.68. The van der Waals surface area contributed by atoms with E-state index in [2.05, 4.69) is 31.1 Å². The number of carbonyl (C=O) groups is 1. The molecule has 0 unspecified atom stereocenters. The molecule has 1 aliphatic heterocycles. The summed E-state index contributed by atoms with van der Waals surface area (Å²) in [6.45, 7) is 2.94. The molecular weight excluding hydrogens is 414 g/mol. The standard InChI is InChI=1S/C22H21N5OS2/c1-14-8-9-15(20-26-25-19-7-3-2-4-10-27(19)20)12-16(14)24-21(28)18-13-23-22(30-18)17-6-5-11-29-17/h5-6,8-9,11-13H,2-4,7,10H2,1H3,(H,24,28). The molecule has 0 aliphatic carbocycles. The van der Waals surface area contributed by atoms with Gasteiger partial charge in [0.15, 0.2) is 5.82 Å². The fraction of sp³-hybridized carbons (Fsp3) is 0.273. The van der Waals surface area contributed by atoms with Gasteiger partial charge in [0.1, 0.15) is 15.7 Å². The third-order valence-corrected chi connectivity index (χ3v) is 7.35. The number of hydrogen-bond acceptors (Lipinski definition) is 6. The van der Waals surface area contributed by atoms with Crippen LogP contribution in [0.3, 0.4) is 0 Å². The van der Waals surface area contributed by atoms with Gasteiger partial charge in [-0.05, 0) is 42.8 Å². The van der Waals surface area contributed by atoms with Gasteiger partial charge in [-0.15, -0.1) is 32.9 Å². The van der Waals surface area contributed by atoms with Crippen LogP contribution in [-0.4, -0.2) is 25.7 Å². The number of nitrogens with zero attached hydrogens (tertiary/aromatic N) is 4. The first-order valence-corrected chi connectivity index (χ1v) is 11.7. The van der Waals surface area contributed by atoms with Crippen LogP contribution in [0.5, 0.6) is 0 Å². The van der Waals surface area contributed by atoms with Gasteiger partial charge in [-0.25, -0.2) is 4.98 Å². The average molecular weight is 436 g/mol. The summed E-state index contributed by atoms with van der Waals surface area (Å²) in [4.78, 5) is 18.9. The Labute approximate surface area is 182 Å². The highest BCUT2D eigenvalue weighted by atomic mass is 32.1. The Morgan fingerprint density at radius 2 is 2.10 bits per heavy atom. The minimum atomic E-state index is -0.143. The van der Waals surface area contributed by atoms with Gasteiger partial charge in [0.05, 0.1) is 11.1 Å². The Bertz CT molecular complexity index is 1190. The van der Waals surface area contributed by atoms with Crippen molar-refractivity contribution in [1.29, 1.82) is 0 Å². The van der Waals surface area contributed by atoms with Crippen molar-refractivity contribution in [2.45, 2.75) is 39.2 Å². The second-order valence-electron chi connectivity index (χ2n) is 7.39. The van der Waals surface area contributed by atoms with Gasteiger partial charge < -0.3 is 9.88 Å². The van der Waals surface area contributed by atoms with E-state index in [-0.39, 0.29) is 5.91 Å². The van der Waals surface area contributed by atoms with E-state index in [1.165, 1.54) is 17.8 Å². The lowest BCUT2D eigenvalue weighted by atomic mass is 10.1. The molecule has 1 aliphatic rings. The minimum Gasteiger partial charge on any atom is -0.321 e. The fourth-order valence-corrected chi connectivity index (χ4v) is 5.29. The fourth-order valence-electron chi connectivity index (χ4n) is 3.67. The monoisotopic (exact) mass is 435 g/mol. The molecule has 6 nitrogen and oxygen atoms in total. The number of aromatic nitrogens is 4. The zero-order valence-corrected chi connectivity index (χ0v) is 18.2. The van der Waals surface area contributed by atoms with Crippen LogP contribution in [-0.2, 0) is 13.0 Å². The number of nitrogens with one attached hydrogen (secondary N) is 1. The molecule has 0 radical (unpaired) electrons. The number of rotatable bonds is 4. The second kappa shape index (κ2) is 8.12. The average Bonchev–Trinajstić information content (AvgIpc) is 3.48. The zero-order chi connectivity index (χ0) is 20.5. The topological polar surface area (TPSA) is 72.7 Å². The summed E-state index contributed by atoms with van der Waals surface area (Å²) in [7, 11) is 0. The molecule has 0 spiro atoms. The van der Waals surface area contributed by atoms with Crippen molar-refractivity contribution in [3.05, 3.63) is 58.2 Å². The van der Waals surface area contributed by atoms with Gasteiger partial charge in [0, 0.05) is 24.2 Å². The Morgan fingerprint density at radius 3 is 2.97 bits per heavy atom. The zero-order valence-electron chi connectivity index (χ0n) is 16.6. The summed E-state index contributed by atoms with van der Waals surface area (Å²) in [6, 6.07) is 10.1. The lowest BCUT2D eigenvalue weighted by molar-refractivity contribution is 0.103. The van der Waals surface area contributed by atoms with Crippen molar-refractivity contribution in [2.24, 2.45) is 0 Å². The SMILES string of the molecule is Cc1ccc(-c2nnc3n2CCCCC3)cc1NC(=O)c1cnc(-c2cccs2)s1. The molecule has 30 heavy (non-hydrogen) atoms. The van der Waals surface area contributed by atoms with Gasteiger partial charge >= 0.3 is 0 Å². The van der Waals surface area contributed by atoms with E-state index in [0.29, 0.717) is 4.88 Å². The van der Waals surface area contributed by atoms with Crippen molar-refractivity contribution >= 4 is 34.3 Å². The first kappa shape index (κ1) is 19.1. The molecule has 0 saturated carbocycles. The molecular formula is C22H21N5OS2. The molecule has 4 heterocycles. The number of aryl methyl sites for hydroxylation is 2. The molecule has 0 fully saturated rings. The molecule has 3 aromatic heterocycles. The number of anilines is 1. The van der Waals surface area contributed by atoms with E-state index < -0.39 is 0 Å². The number of fused-ring (bicyclic) bond motifs is 1. The van der Waals surface area contributed by atoms with E-state index in [0.717, 1.165) is 64.2 Å². The molecule has 8 heteroatoms. The van der Waals surface area contributed by atoms with Crippen LogP contribution in [0.2, 0.25) is 0 Å². The van der Waals surface area contributed by atoms with Gasteiger partial charge in [0.25, 0.3) is 5.91 Å². The number of benzene rings is 1. The number of carbonyl (C=O) groups excluding carboxylic acids is 1. The van der Waals surface area contributed by atoms with E-state index in [1.54, 1.807) is 17.5 Å². The van der Waals surface area contributed by atoms with Crippen LogP contribution >= 0.6 is 22.7 Å². The maximum atomic E-state index is 12.9. The van der Waals surface area contributed by atoms with Gasteiger partial charge in [-0.1, -0.05) is 24.6 Å². The number of thiazole rings is 1. The van der Waals surface area contributed by atoms with Crippen molar-refractivity contribution in [1.82, 2.24) is 19.7 Å². The van der Waals surface area contributed by atoms with Crippen molar-refractivity contribution in [2.75, 3.05) is 5.32 Å². The third-order valence-electron chi connectivity index (χ3n) is 5.31. The Hall–Kier alpha value is -2.84. The summed E-state index contributed by atoms with van der Waals surface area (Å²) in [5.74, 6) is 1.79. The predicted octanol–water partition coefficient (Wildman–Crippen LogP) is 5.42. The van der Waals surface area contributed by atoms with Crippen LogP contribution in [0.15, 0.2) is 41.9 Å². The summed E-state index contributed by atoms with van der Waals surface area (Å²) < 4.78 is 2.22. The van der Waals surface area contributed by atoms with Crippen LogP contribution in [0.4, 0.5) is 5.69 Å². The van der Waals surface area contributed by atoms with Crippen LogP contribution < -0.4 is 5.32 Å². The highest BCUT2D eigenvalue weighted by molar-refractivity contribution is 7.22. The van der Waals surface area contributed by atoms with E-state index in [1.807, 2.05) is 36.6 Å². The molecule has 0 saturated heterocycles. The van der Waals surface area contributed by atoms with Gasteiger partial charge in [0.2, 0.25) is 0 Å². The largest absolute Gasteiger partial charge is 0.321 e. The van der Waals surface area contributed by atoms with Crippen molar-refractivity contribution < 1.29 is 4.79 Å². The lowest BCUT2D eigenvalue weighted by Gasteiger charge is -2.11. The maximum Gasteiger partial charge on any atom is 0.267 e.